The van der Waals surface area contributed by atoms with Crippen LogP contribution in [0.2, 0.25) is 0 Å². The van der Waals surface area contributed by atoms with Crippen LogP contribution in [0.25, 0.3) is 11.2 Å². The lowest BCUT2D eigenvalue weighted by Crippen LogP contribution is -2.50. The summed E-state index contributed by atoms with van der Waals surface area (Å²) in [5, 5.41) is 21.8. The standard InChI is InChI=1S/C18H18FN5O4/c19-13-11(7-28-12(6-25)15(13)26)24-9-22-14-16(20-8-21-17(14)24)23-18(27)10-4-2-1-3-5-10/h1-5,8-9,11-13,15,25-26H,6-7H2,(H,20,21,23,27)/t11-,12-,13+,15?/m1/s1. The zero-order valence-electron chi connectivity index (χ0n) is 14.6. The summed E-state index contributed by atoms with van der Waals surface area (Å²) in [6.45, 7) is -0.540. The van der Waals surface area contributed by atoms with Gasteiger partial charge in [-0.2, -0.15) is 0 Å². The number of aliphatic hydroxyl groups is 2. The molecule has 1 aliphatic heterocycles. The van der Waals surface area contributed by atoms with E-state index in [4.69, 9.17) is 9.84 Å². The zero-order chi connectivity index (χ0) is 19.7. The van der Waals surface area contributed by atoms with E-state index < -0.39 is 31.0 Å². The summed E-state index contributed by atoms with van der Waals surface area (Å²) in [7, 11) is 0. The normalized spacial score (nSPS) is 25.0. The van der Waals surface area contributed by atoms with Gasteiger partial charge >= 0.3 is 0 Å². The predicted molar refractivity (Wildman–Crippen MR) is 96.5 cm³/mol. The molecule has 1 fully saturated rings. The molecular formula is C18H18FN5O4. The maximum atomic E-state index is 14.7. The number of aromatic nitrogens is 4. The summed E-state index contributed by atoms with van der Waals surface area (Å²) in [5.74, 6) is -0.167. The SMILES string of the molecule is O=C(Nc1ncnc2c1ncn2[C@@H]1CO[C@H](CO)C(O)[C@H]1F)c1ccccc1. The molecule has 3 aromatic rings. The molecule has 0 saturated carbocycles. The van der Waals surface area contributed by atoms with Crippen molar-refractivity contribution in [3.8, 4) is 0 Å². The number of imidazole rings is 1. The zero-order valence-corrected chi connectivity index (χ0v) is 14.6. The number of hydrogen-bond donors (Lipinski definition) is 3. The van der Waals surface area contributed by atoms with E-state index in [2.05, 4.69) is 20.3 Å². The van der Waals surface area contributed by atoms with Gasteiger partial charge in [-0.15, -0.1) is 0 Å². The second-order valence-electron chi connectivity index (χ2n) is 6.42. The molecule has 9 nitrogen and oxygen atoms in total. The Bertz CT molecular complexity index is 983. The van der Waals surface area contributed by atoms with Crippen molar-refractivity contribution in [2.45, 2.75) is 24.4 Å². The van der Waals surface area contributed by atoms with Crippen LogP contribution in [0.5, 0.6) is 0 Å². The highest BCUT2D eigenvalue weighted by Crippen LogP contribution is 2.30. The molecule has 0 spiro atoms. The van der Waals surface area contributed by atoms with Crippen molar-refractivity contribution in [1.82, 2.24) is 19.5 Å². The Hall–Kier alpha value is -2.95. The lowest BCUT2D eigenvalue weighted by Gasteiger charge is -2.36. The molecule has 3 heterocycles. The molecule has 2 aromatic heterocycles. The van der Waals surface area contributed by atoms with Crippen molar-refractivity contribution in [3.05, 3.63) is 48.5 Å². The lowest BCUT2D eigenvalue weighted by molar-refractivity contribution is -0.148. The molecule has 0 bridgehead atoms. The predicted octanol–water partition coefficient (Wildman–Crippen LogP) is 0.710. The number of anilines is 1. The van der Waals surface area contributed by atoms with Crippen LogP contribution in [0, 0.1) is 0 Å². The molecule has 1 amide bonds. The number of aliphatic hydroxyl groups excluding tert-OH is 2. The molecule has 4 rings (SSSR count). The minimum absolute atomic E-state index is 0.0649. The number of fused-ring (bicyclic) bond motifs is 1. The number of nitrogens with zero attached hydrogens (tertiary/aromatic N) is 4. The lowest BCUT2D eigenvalue weighted by atomic mass is 9.99. The number of carbonyl (C=O) groups excluding carboxylic acids is 1. The highest BCUT2D eigenvalue weighted by Gasteiger charge is 2.41. The Morgan fingerprint density at radius 3 is 2.82 bits per heavy atom. The third-order valence-electron chi connectivity index (χ3n) is 4.72. The first-order valence-electron chi connectivity index (χ1n) is 8.68. The first kappa shape index (κ1) is 18.4. The fourth-order valence-electron chi connectivity index (χ4n) is 3.20. The van der Waals surface area contributed by atoms with E-state index in [0.717, 1.165) is 0 Å². The summed E-state index contributed by atoms with van der Waals surface area (Å²) < 4.78 is 21.5. The van der Waals surface area contributed by atoms with Crippen LogP contribution in [0.4, 0.5) is 10.2 Å². The summed E-state index contributed by atoms with van der Waals surface area (Å²) in [4.78, 5) is 24.8. The Morgan fingerprint density at radius 2 is 2.07 bits per heavy atom. The van der Waals surface area contributed by atoms with Crippen molar-refractivity contribution in [3.63, 3.8) is 0 Å². The molecule has 1 aliphatic rings. The van der Waals surface area contributed by atoms with Crippen molar-refractivity contribution in [2.75, 3.05) is 18.5 Å². The van der Waals surface area contributed by atoms with Crippen LogP contribution in [0.15, 0.2) is 43.0 Å². The molecule has 1 aromatic carbocycles. The van der Waals surface area contributed by atoms with Crippen LogP contribution < -0.4 is 5.32 Å². The van der Waals surface area contributed by atoms with Crippen molar-refractivity contribution in [2.24, 2.45) is 0 Å². The van der Waals surface area contributed by atoms with E-state index in [9.17, 15) is 14.3 Å². The third-order valence-corrected chi connectivity index (χ3v) is 4.72. The number of ether oxygens (including phenoxy) is 1. The minimum Gasteiger partial charge on any atom is -0.394 e. The van der Waals surface area contributed by atoms with Crippen molar-refractivity contribution >= 4 is 22.9 Å². The number of hydrogen-bond acceptors (Lipinski definition) is 7. The van der Waals surface area contributed by atoms with E-state index in [1.165, 1.54) is 17.2 Å². The van der Waals surface area contributed by atoms with Crippen LogP contribution in [-0.2, 0) is 4.74 Å². The second kappa shape index (κ2) is 7.58. The van der Waals surface area contributed by atoms with Crippen LogP contribution in [-0.4, -0.2) is 67.2 Å². The first-order chi connectivity index (χ1) is 13.6. The fourth-order valence-corrected chi connectivity index (χ4v) is 3.20. The molecule has 1 saturated heterocycles. The Balaban J connectivity index is 1.63. The smallest absolute Gasteiger partial charge is 0.256 e. The van der Waals surface area contributed by atoms with E-state index in [-0.39, 0.29) is 23.8 Å². The largest absolute Gasteiger partial charge is 0.394 e. The first-order valence-corrected chi connectivity index (χ1v) is 8.68. The molecule has 10 heteroatoms. The average Bonchev–Trinajstić information content (AvgIpc) is 3.15. The molecule has 3 N–H and O–H groups in total. The topological polar surface area (TPSA) is 122 Å². The van der Waals surface area contributed by atoms with Gasteiger partial charge in [0.15, 0.2) is 23.2 Å². The minimum atomic E-state index is -1.68. The van der Waals surface area contributed by atoms with Crippen molar-refractivity contribution < 1.29 is 24.1 Å². The number of amides is 1. The van der Waals surface area contributed by atoms with Crippen LogP contribution >= 0.6 is 0 Å². The molecule has 0 aliphatic carbocycles. The highest BCUT2D eigenvalue weighted by molar-refractivity contribution is 6.06. The van der Waals surface area contributed by atoms with E-state index in [1.807, 2.05) is 0 Å². The average molecular weight is 387 g/mol. The molecule has 4 atom stereocenters. The van der Waals surface area contributed by atoms with Gasteiger partial charge in [0.1, 0.15) is 18.5 Å². The van der Waals surface area contributed by atoms with Crippen LogP contribution in [0.3, 0.4) is 0 Å². The van der Waals surface area contributed by atoms with Gasteiger partial charge in [-0.25, -0.2) is 19.3 Å². The van der Waals surface area contributed by atoms with Gasteiger partial charge in [-0.05, 0) is 12.1 Å². The van der Waals surface area contributed by atoms with E-state index in [1.54, 1.807) is 30.3 Å². The summed E-state index contributed by atoms with van der Waals surface area (Å²) in [6, 6.07) is 7.74. The Morgan fingerprint density at radius 1 is 1.29 bits per heavy atom. The van der Waals surface area contributed by atoms with E-state index in [0.29, 0.717) is 11.2 Å². The highest BCUT2D eigenvalue weighted by atomic mass is 19.1. The summed E-state index contributed by atoms with van der Waals surface area (Å²) >= 11 is 0. The molecule has 146 valence electrons. The second-order valence-corrected chi connectivity index (χ2v) is 6.42. The van der Waals surface area contributed by atoms with Gasteiger partial charge in [0.05, 0.1) is 25.6 Å². The van der Waals surface area contributed by atoms with Gasteiger partial charge < -0.3 is 24.8 Å². The number of benzene rings is 1. The Kier molecular flexibility index (Phi) is 4.99. The van der Waals surface area contributed by atoms with Gasteiger partial charge in [0, 0.05) is 5.56 Å². The molecule has 0 radical (unpaired) electrons. The van der Waals surface area contributed by atoms with Crippen molar-refractivity contribution in [1.29, 1.82) is 0 Å². The number of carbonyl (C=O) groups is 1. The number of rotatable bonds is 4. The van der Waals surface area contributed by atoms with Gasteiger partial charge in [-0.3, -0.25) is 4.79 Å². The number of nitrogens with one attached hydrogen (secondary N) is 1. The van der Waals surface area contributed by atoms with Gasteiger partial charge in [0.2, 0.25) is 0 Å². The molecule has 28 heavy (non-hydrogen) atoms. The Labute approximate surface area is 158 Å². The van der Waals surface area contributed by atoms with Gasteiger partial charge in [-0.1, -0.05) is 18.2 Å². The quantitative estimate of drug-likeness (QED) is 0.603. The third kappa shape index (κ3) is 3.21. The number of alkyl halides is 1. The van der Waals surface area contributed by atoms with E-state index >= 15 is 0 Å². The summed E-state index contributed by atoms with van der Waals surface area (Å²) in [6.07, 6.45) is -1.52. The molecule has 1 unspecified atom stereocenters. The molecular weight excluding hydrogens is 369 g/mol. The van der Waals surface area contributed by atoms with Crippen LogP contribution in [0.1, 0.15) is 16.4 Å². The monoisotopic (exact) mass is 387 g/mol. The van der Waals surface area contributed by atoms with Gasteiger partial charge in [0.25, 0.3) is 5.91 Å². The fraction of sp³-hybridized carbons (Fsp3) is 0.333. The maximum absolute atomic E-state index is 14.7. The maximum Gasteiger partial charge on any atom is 0.256 e. The number of halogens is 1. The summed E-state index contributed by atoms with van der Waals surface area (Å²) in [5.41, 5.74) is 1.04.